The average molecular weight is 322 g/mol. The summed E-state index contributed by atoms with van der Waals surface area (Å²) in [6.45, 7) is 1.56. The van der Waals surface area contributed by atoms with E-state index < -0.39 is 0 Å². The Morgan fingerprint density at radius 1 is 1.63 bits per heavy atom. The van der Waals surface area contributed by atoms with Crippen LogP contribution in [0.1, 0.15) is 4.88 Å². The van der Waals surface area contributed by atoms with E-state index in [2.05, 4.69) is 0 Å². The molecule has 2 heterocycles. The van der Waals surface area contributed by atoms with Crippen LogP contribution in [0.3, 0.4) is 0 Å². The van der Waals surface area contributed by atoms with E-state index in [1.165, 1.54) is 4.88 Å². The molecule has 4 nitrogen and oxygen atoms in total. The molecule has 1 unspecified atom stereocenters. The number of rotatable bonds is 5. The number of halogens is 1. The molecule has 1 amide bonds. The zero-order valence-corrected chi connectivity index (χ0v) is 12.8. The summed E-state index contributed by atoms with van der Waals surface area (Å²) < 4.78 is 6.10. The zero-order valence-electron chi connectivity index (χ0n) is 10.4. The molecule has 1 aromatic rings. The molecule has 0 aromatic carbocycles. The van der Waals surface area contributed by atoms with Crippen molar-refractivity contribution in [3.05, 3.63) is 21.3 Å². The van der Waals surface area contributed by atoms with Crippen LogP contribution in [0.4, 0.5) is 0 Å². The fourth-order valence-electron chi connectivity index (χ4n) is 1.82. The lowest BCUT2D eigenvalue weighted by Gasteiger charge is -2.32. The quantitative estimate of drug-likeness (QED) is 0.899. The van der Waals surface area contributed by atoms with Crippen LogP contribution in [0.2, 0.25) is 4.34 Å². The predicted molar refractivity (Wildman–Crippen MR) is 78.9 cm³/mol. The molecule has 106 valence electrons. The van der Waals surface area contributed by atoms with Gasteiger partial charge in [-0.3, -0.25) is 4.79 Å². The molecule has 2 rings (SSSR count). The minimum atomic E-state index is -0.237. The Bertz CT molecular complexity index is 427. The third-order valence-corrected chi connectivity index (χ3v) is 5.17. The first-order chi connectivity index (χ1) is 9.19. The maximum absolute atomic E-state index is 12.0. The summed E-state index contributed by atoms with van der Waals surface area (Å²) >= 11 is 8.99. The number of thioether (sulfide) groups is 1. The highest BCUT2D eigenvalue weighted by Crippen LogP contribution is 2.25. The summed E-state index contributed by atoms with van der Waals surface area (Å²) in [5.74, 6) is 1.36. The van der Waals surface area contributed by atoms with Gasteiger partial charge in [0.25, 0.3) is 0 Å². The number of hydrogen-bond donors (Lipinski definition) is 1. The van der Waals surface area contributed by atoms with Crippen LogP contribution in [0.25, 0.3) is 0 Å². The summed E-state index contributed by atoms with van der Waals surface area (Å²) in [4.78, 5) is 14.9. The standard InChI is InChI=1S/C12H16ClNO3S2/c13-11-2-1-10(19-11)7-18-8-12(16)14-3-4-17-9(5-14)6-15/h1-2,9,15H,3-8H2. The molecule has 0 aliphatic carbocycles. The summed E-state index contributed by atoms with van der Waals surface area (Å²) in [5, 5.41) is 9.04. The summed E-state index contributed by atoms with van der Waals surface area (Å²) in [5.41, 5.74) is 0. The molecule has 1 atom stereocenters. The Kier molecular flexibility index (Phi) is 5.97. The van der Waals surface area contributed by atoms with Crippen molar-refractivity contribution < 1.29 is 14.6 Å². The molecule has 0 radical (unpaired) electrons. The Morgan fingerprint density at radius 3 is 3.16 bits per heavy atom. The van der Waals surface area contributed by atoms with E-state index >= 15 is 0 Å². The second-order valence-corrected chi connectivity index (χ2v) is 7.00. The first-order valence-corrected chi connectivity index (χ1v) is 8.36. The molecule has 7 heteroatoms. The highest BCUT2D eigenvalue weighted by Gasteiger charge is 2.23. The number of carbonyl (C=O) groups is 1. The van der Waals surface area contributed by atoms with Crippen LogP contribution < -0.4 is 0 Å². The van der Waals surface area contributed by atoms with E-state index in [9.17, 15) is 4.79 Å². The molecule has 0 saturated carbocycles. The number of amides is 1. The first kappa shape index (κ1) is 15.1. The maximum atomic E-state index is 12.0. The van der Waals surface area contributed by atoms with Crippen LogP contribution in [0, 0.1) is 0 Å². The van der Waals surface area contributed by atoms with E-state index in [0.717, 1.165) is 10.1 Å². The van der Waals surface area contributed by atoms with Crippen LogP contribution >= 0.6 is 34.7 Å². The third-order valence-electron chi connectivity index (χ3n) is 2.79. The number of ether oxygens (including phenoxy) is 1. The van der Waals surface area contributed by atoms with Crippen molar-refractivity contribution >= 4 is 40.6 Å². The van der Waals surface area contributed by atoms with Crippen molar-refractivity contribution in [1.29, 1.82) is 0 Å². The van der Waals surface area contributed by atoms with Crippen molar-refractivity contribution in [3.8, 4) is 0 Å². The molecular weight excluding hydrogens is 306 g/mol. The fourth-order valence-corrected chi connectivity index (χ4v) is 3.94. The van der Waals surface area contributed by atoms with Gasteiger partial charge in [-0.25, -0.2) is 0 Å². The molecule has 1 aliphatic rings. The smallest absolute Gasteiger partial charge is 0.232 e. The van der Waals surface area contributed by atoms with Gasteiger partial charge in [0.2, 0.25) is 5.91 Å². The SMILES string of the molecule is O=C(CSCc1ccc(Cl)s1)N1CCOC(CO)C1. The topological polar surface area (TPSA) is 49.8 Å². The minimum absolute atomic E-state index is 0.0371. The van der Waals surface area contributed by atoms with Gasteiger partial charge in [-0.2, -0.15) is 0 Å². The number of morpholine rings is 1. The minimum Gasteiger partial charge on any atom is -0.394 e. The van der Waals surface area contributed by atoms with Crippen LogP contribution in [0.15, 0.2) is 12.1 Å². The van der Waals surface area contributed by atoms with Gasteiger partial charge in [-0.15, -0.1) is 23.1 Å². The number of aliphatic hydroxyl groups is 1. The average Bonchev–Trinajstić information content (AvgIpc) is 2.84. The monoisotopic (exact) mass is 321 g/mol. The molecule has 1 fully saturated rings. The Morgan fingerprint density at radius 2 is 2.47 bits per heavy atom. The van der Waals surface area contributed by atoms with Crippen molar-refractivity contribution in [3.63, 3.8) is 0 Å². The van der Waals surface area contributed by atoms with Gasteiger partial charge in [0.05, 0.1) is 29.4 Å². The van der Waals surface area contributed by atoms with E-state index in [0.29, 0.717) is 25.4 Å². The predicted octanol–water partition coefficient (Wildman–Crippen LogP) is 1.85. The molecule has 1 saturated heterocycles. The second-order valence-electron chi connectivity index (χ2n) is 4.21. The molecule has 1 aliphatic heterocycles. The summed E-state index contributed by atoms with van der Waals surface area (Å²) in [6.07, 6.45) is -0.237. The lowest BCUT2D eigenvalue weighted by molar-refractivity contribution is -0.137. The lowest BCUT2D eigenvalue weighted by Crippen LogP contribution is -2.47. The van der Waals surface area contributed by atoms with Gasteiger partial charge >= 0.3 is 0 Å². The molecular formula is C12H16ClNO3S2. The highest BCUT2D eigenvalue weighted by atomic mass is 35.5. The van der Waals surface area contributed by atoms with Gasteiger partial charge in [0.15, 0.2) is 0 Å². The summed E-state index contributed by atoms with van der Waals surface area (Å²) in [6, 6.07) is 3.86. The first-order valence-electron chi connectivity index (χ1n) is 6.01. The van der Waals surface area contributed by atoms with E-state index in [1.54, 1.807) is 28.0 Å². The molecule has 0 bridgehead atoms. The maximum Gasteiger partial charge on any atom is 0.232 e. The fraction of sp³-hybridized carbons (Fsp3) is 0.583. The van der Waals surface area contributed by atoms with Gasteiger partial charge in [-0.05, 0) is 12.1 Å². The van der Waals surface area contributed by atoms with Crippen LogP contribution in [-0.4, -0.2) is 54.1 Å². The van der Waals surface area contributed by atoms with Crippen molar-refractivity contribution in [1.82, 2.24) is 4.90 Å². The normalized spacial score (nSPS) is 19.7. The molecule has 1 N–H and O–H groups in total. The van der Waals surface area contributed by atoms with E-state index in [1.807, 2.05) is 12.1 Å². The van der Waals surface area contributed by atoms with Crippen LogP contribution in [0.5, 0.6) is 0 Å². The third kappa shape index (κ3) is 4.65. The number of aliphatic hydroxyl groups excluding tert-OH is 1. The lowest BCUT2D eigenvalue weighted by atomic mass is 10.3. The molecule has 1 aromatic heterocycles. The molecule has 0 spiro atoms. The van der Waals surface area contributed by atoms with Crippen molar-refractivity contribution in [2.75, 3.05) is 32.1 Å². The number of hydrogen-bond acceptors (Lipinski definition) is 5. The Labute approximate surface area is 125 Å². The number of thiophene rings is 1. The van der Waals surface area contributed by atoms with Crippen molar-refractivity contribution in [2.24, 2.45) is 0 Å². The zero-order chi connectivity index (χ0) is 13.7. The van der Waals surface area contributed by atoms with Crippen LogP contribution in [-0.2, 0) is 15.3 Å². The largest absolute Gasteiger partial charge is 0.394 e. The van der Waals surface area contributed by atoms with E-state index in [4.69, 9.17) is 21.4 Å². The van der Waals surface area contributed by atoms with Crippen molar-refractivity contribution in [2.45, 2.75) is 11.9 Å². The van der Waals surface area contributed by atoms with Gasteiger partial charge < -0.3 is 14.7 Å². The second kappa shape index (κ2) is 7.50. The molecule has 19 heavy (non-hydrogen) atoms. The Hall–Kier alpha value is -0.270. The number of carbonyl (C=O) groups excluding carboxylic acids is 1. The van der Waals surface area contributed by atoms with Gasteiger partial charge in [0, 0.05) is 23.7 Å². The van der Waals surface area contributed by atoms with Gasteiger partial charge in [0.1, 0.15) is 0 Å². The van der Waals surface area contributed by atoms with Gasteiger partial charge in [-0.1, -0.05) is 11.6 Å². The van der Waals surface area contributed by atoms with E-state index in [-0.39, 0.29) is 18.6 Å². The highest BCUT2D eigenvalue weighted by molar-refractivity contribution is 7.99. The Balaban J connectivity index is 1.72. The number of nitrogens with zero attached hydrogens (tertiary/aromatic N) is 1. The summed E-state index contributed by atoms with van der Waals surface area (Å²) in [7, 11) is 0.